The maximum Gasteiger partial charge on any atom is 0.220 e. The first-order valence-electron chi connectivity index (χ1n) is 7.74. The lowest BCUT2D eigenvalue weighted by Gasteiger charge is -2.12. The van der Waals surface area contributed by atoms with Gasteiger partial charge in [0.15, 0.2) is 0 Å². The van der Waals surface area contributed by atoms with Gasteiger partial charge >= 0.3 is 0 Å². The van der Waals surface area contributed by atoms with Gasteiger partial charge in [0.1, 0.15) is 5.75 Å². The number of carbonyl (C=O) groups excluding carboxylic acids is 1. The maximum atomic E-state index is 11.7. The normalized spacial score (nSPS) is 17.7. The first-order valence-corrected chi connectivity index (χ1v) is 7.74. The molecule has 0 spiro atoms. The second-order valence-electron chi connectivity index (χ2n) is 5.59. The summed E-state index contributed by atoms with van der Waals surface area (Å²) in [4.78, 5) is 11.7. The molecule has 0 radical (unpaired) electrons. The van der Waals surface area contributed by atoms with Crippen molar-refractivity contribution in [3.05, 3.63) is 29.3 Å². The molecule has 1 saturated heterocycles. The zero-order valence-electron chi connectivity index (χ0n) is 13.0. The van der Waals surface area contributed by atoms with Crippen LogP contribution in [0.3, 0.4) is 0 Å². The molecule has 1 atom stereocenters. The number of rotatable bonds is 7. The minimum atomic E-state index is 0.0788. The summed E-state index contributed by atoms with van der Waals surface area (Å²) in [5.74, 6) is 0.991. The third kappa shape index (κ3) is 5.05. The van der Waals surface area contributed by atoms with Crippen LogP contribution >= 0.6 is 0 Å². The van der Waals surface area contributed by atoms with Crippen LogP contribution in [0.2, 0.25) is 0 Å². The summed E-state index contributed by atoms with van der Waals surface area (Å²) in [6.07, 6.45) is 3.59. The van der Waals surface area contributed by atoms with Crippen molar-refractivity contribution in [3.63, 3.8) is 0 Å². The average Bonchev–Trinajstić information content (AvgIpc) is 2.99. The van der Waals surface area contributed by atoms with E-state index in [-0.39, 0.29) is 12.0 Å². The lowest BCUT2D eigenvalue weighted by atomic mass is 10.1. The Bertz CT molecular complexity index is 467. The van der Waals surface area contributed by atoms with E-state index in [1.807, 2.05) is 12.1 Å². The van der Waals surface area contributed by atoms with E-state index in [2.05, 4.69) is 25.2 Å². The first-order chi connectivity index (χ1) is 10.2. The largest absolute Gasteiger partial charge is 0.493 e. The van der Waals surface area contributed by atoms with E-state index >= 15 is 0 Å². The SMILES string of the molecule is Cc1cccc(OCCCC(=O)NC[C@H]2CCCO2)c1C. The molecule has 1 aromatic carbocycles. The molecule has 0 aliphatic carbocycles. The fourth-order valence-electron chi connectivity index (χ4n) is 2.42. The molecule has 0 aromatic heterocycles. The second-order valence-corrected chi connectivity index (χ2v) is 5.59. The highest BCUT2D eigenvalue weighted by atomic mass is 16.5. The molecule has 1 heterocycles. The lowest BCUT2D eigenvalue weighted by Crippen LogP contribution is -2.31. The fourth-order valence-corrected chi connectivity index (χ4v) is 2.42. The van der Waals surface area contributed by atoms with Crippen molar-refractivity contribution < 1.29 is 14.3 Å². The molecular formula is C17H25NO3. The standard InChI is InChI=1S/C17H25NO3/c1-13-6-3-8-16(14(13)2)21-11-5-9-17(19)18-12-15-7-4-10-20-15/h3,6,8,15H,4-5,7,9-12H2,1-2H3,(H,18,19)/t15-/m1/s1. The number of ether oxygens (including phenoxy) is 2. The van der Waals surface area contributed by atoms with E-state index in [1.165, 1.54) is 11.1 Å². The van der Waals surface area contributed by atoms with E-state index in [0.717, 1.165) is 31.6 Å². The van der Waals surface area contributed by atoms with Gasteiger partial charge in [-0.3, -0.25) is 4.79 Å². The van der Waals surface area contributed by atoms with E-state index < -0.39 is 0 Å². The van der Waals surface area contributed by atoms with E-state index in [4.69, 9.17) is 9.47 Å². The Morgan fingerprint density at radius 1 is 1.43 bits per heavy atom. The molecular weight excluding hydrogens is 266 g/mol. The number of nitrogens with one attached hydrogen (secondary N) is 1. The van der Waals surface area contributed by atoms with Crippen molar-refractivity contribution in [1.29, 1.82) is 0 Å². The van der Waals surface area contributed by atoms with Crippen LogP contribution in [0.1, 0.15) is 36.8 Å². The smallest absolute Gasteiger partial charge is 0.220 e. The van der Waals surface area contributed by atoms with Crippen molar-refractivity contribution in [2.75, 3.05) is 19.8 Å². The van der Waals surface area contributed by atoms with E-state index in [9.17, 15) is 4.79 Å². The summed E-state index contributed by atoms with van der Waals surface area (Å²) in [5.41, 5.74) is 2.39. The summed E-state index contributed by atoms with van der Waals surface area (Å²) in [7, 11) is 0. The Hall–Kier alpha value is -1.55. The summed E-state index contributed by atoms with van der Waals surface area (Å²) in [6, 6.07) is 6.03. The molecule has 0 bridgehead atoms. The van der Waals surface area contributed by atoms with Gasteiger partial charge in [0, 0.05) is 19.6 Å². The number of hydrogen-bond donors (Lipinski definition) is 1. The third-order valence-corrected chi connectivity index (χ3v) is 3.91. The summed E-state index contributed by atoms with van der Waals surface area (Å²) < 4.78 is 11.2. The Morgan fingerprint density at radius 2 is 2.29 bits per heavy atom. The molecule has 2 rings (SSSR count). The van der Waals surface area contributed by atoms with Gasteiger partial charge in [0.25, 0.3) is 0 Å². The van der Waals surface area contributed by atoms with Crippen LogP contribution in [0.25, 0.3) is 0 Å². The van der Waals surface area contributed by atoms with Crippen LogP contribution in [0, 0.1) is 13.8 Å². The molecule has 4 nitrogen and oxygen atoms in total. The summed E-state index contributed by atoms with van der Waals surface area (Å²) in [5, 5.41) is 2.92. The van der Waals surface area contributed by atoms with Crippen LogP contribution in [0.4, 0.5) is 0 Å². The van der Waals surface area contributed by atoms with Crippen LogP contribution in [0.5, 0.6) is 5.75 Å². The van der Waals surface area contributed by atoms with Crippen molar-refractivity contribution in [1.82, 2.24) is 5.32 Å². The Balaban J connectivity index is 1.60. The zero-order chi connectivity index (χ0) is 15.1. The fraction of sp³-hybridized carbons (Fsp3) is 0.588. The highest BCUT2D eigenvalue weighted by Crippen LogP contribution is 2.20. The summed E-state index contributed by atoms with van der Waals surface area (Å²) >= 11 is 0. The van der Waals surface area contributed by atoms with Crippen molar-refractivity contribution in [2.45, 2.75) is 45.6 Å². The quantitative estimate of drug-likeness (QED) is 0.786. The molecule has 0 unspecified atom stereocenters. The number of aryl methyl sites for hydroxylation is 1. The monoisotopic (exact) mass is 291 g/mol. The van der Waals surface area contributed by atoms with E-state index in [0.29, 0.717) is 19.6 Å². The lowest BCUT2D eigenvalue weighted by molar-refractivity contribution is -0.121. The molecule has 1 fully saturated rings. The highest BCUT2D eigenvalue weighted by molar-refractivity contribution is 5.75. The molecule has 1 aliphatic rings. The minimum Gasteiger partial charge on any atom is -0.493 e. The van der Waals surface area contributed by atoms with Gasteiger partial charge in [0.2, 0.25) is 5.91 Å². The van der Waals surface area contributed by atoms with Gasteiger partial charge in [-0.2, -0.15) is 0 Å². The first kappa shape index (κ1) is 15.8. The molecule has 116 valence electrons. The number of amides is 1. The molecule has 0 saturated carbocycles. The highest BCUT2D eigenvalue weighted by Gasteiger charge is 2.15. The molecule has 1 amide bonds. The van der Waals surface area contributed by atoms with Crippen LogP contribution < -0.4 is 10.1 Å². The predicted octanol–water partition coefficient (Wildman–Crippen LogP) is 2.76. The number of hydrogen-bond acceptors (Lipinski definition) is 3. The summed E-state index contributed by atoms with van der Waals surface area (Å²) in [6.45, 7) is 6.15. The van der Waals surface area contributed by atoms with Gasteiger partial charge < -0.3 is 14.8 Å². The van der Waals surface area contributed by atoms with Gasteiger partial charge in [-0.05, 0) is 50.3 Å². The van der Waals surface area contributed by atoms with Gasteiger partial charge in [-0.15, -0.1) is 0 Å². The Morgan fingerprint density at radius 3 is 3.05 bits per heavy atom. The molecule has 21 heavy (non-hydrogen) atoms. The van der Waals surface area contributed by atoms with Crippen molar-refractivity contribution in [2.24, 2.45) is 0 Å². The molecule has 1 N–H and O–H groups in total. The predicted molar refractivity (Wildman–Crippen MR) is 82.6 cm³/mol. The van der Waals surface area contributed by atoms with Crippen molar-refractivity contribution >= 4 is 5.91 Å². The second kappa shape index (κ2) is 8.03. The van der Waals surface area contributed by atoms with Crippen LogP contribution in [-0.4, -0.2) is 31.8 Å². The number of carbonyl (C=O) groups is 1. The Kier molecular flexibility index (Phi) is 6.05. The molecule has 1 aromatic rings. The Labute approximate surface area is 126 Å². The van der Waals surface area contributed by atoms with Crippen molar-refractivity contribution in [3.8, 4) is 5.75 Å². The minimum absolute atomic E-state index is 0.0788. The molecule has 4 heteroatoms. The molecule has 1 aliphatic heterocycles. The number of benzene rings is 1. The maximum absolute atomic E-state index is 11.7. The van der Waals surface area contributed by atoms with Crippen LogP contribution in [0.15, 0.2) is 18.2 Å². The topological polar surface area (TPSA) is 47.6 Å². The zero-order valence-corrected chi connectivity index (χ0v) is 13.0. The van der Waals surface area contributed by atoms with Gasteiger partial charge in [0.05, 0.1) is 12.7 Å². The third-order valence-electron chi connectivity index (χ3n) is 3.91. The van der Waals surface area contributed by atoms with Gasteiger partial charge in [-0.25, -0.2) is 0 Å². The average molecular weight is 291 g/mol. The van der Waals surface area contributed by atoms with Crippen LogP contribution in [-0.2, 0) is 9.53 Å². The van der Waals surface area contributed by atoms with Gasteiger partial charge in [-0.1, -0.05) is 12.1 Å². The van der Waals surface area contributed by atoms with E-state index in [1.54, 1.807) is 0 Å².